The van der Waals surface area contributed by atoms with Gasteiger partial charge in [0.05, 0.1) is 4.91 Å². The highest BCUT2D eigenvalue weighted by molar-refractivity contribution is 8.04. The summed E-state index contributed by atoms with van der Waals surface area (Å²) in [5, 5.41) is 0. The van der Waals surface area contributed by atoms with Gasteiger partial charge < -0.3 is 4.90 Å². The molecule has 0 aliphatic carbocycles. The minimum atomic E-state index is 0.0549. The van der Waals surface area contributed by atoms with E-state index in [9.17, 15) is 4.79 Å². The summed E-state index contributed by atoms with van der Waals surface area (Å²) < 4.78 is 0. The molecule has 0 N–H and O–H groups in total. The van der Waals surface area contributed by atoms with Gasteiger partial charge in [0.25, 0.3) is 0 Å². The van der Waals surface area contributed by atoms with E-state index in [1.54, 1.807) is 0 Å². The molecule has 0 unspecified atom stereocenters. The summed E-state index contributed by atoms with van der Waals surface area (Å²) in [6.07, 6.45) is 1.88. The Morgan fingerprint density at radius 3 is 1.91 bits per heavy atom. The van der Waals surface area contributed by atoms with Gasteiger partial charge in [0, 0.05) is 30.8 Å². The van der Waals surface area contributed by atoms with Crippen molar-refractivity contribution in [1.29, 1.82) is 0 Å². The van der Waals surface area contributed by atoms with Crippen LogP contribution < -0.4 is 0 Å². The molecule has 0 spiro atoms. The Kier molecular flexibility index (Phi) is 5.45. The first-order valence-corrected chi connectivity index (χ1v) is 8.01. The number of carbonyl (C=O) groups excluding carboxylic acids is 1. The molecule has 22 heavy (non-hydrogen) atoms. The molecule has 2 aromatic rings. The number of aryl methyl sites for hydroxylation is 2. The van der Waals surface area contributed by atoms with Crippen LogP contribution in [-0.2, 0) is 0 Å². The van der Waals surface area contributed by atoms with E-state index < -0.39 is 0 Å². The highest BCUT2D eigenvalue weighted by Crippen LogP contribution is 2.29. The van der Waals surface area contributed by atoms with E-state index in [0.29, 0.717) is 0 Å². The van der Waals surface area contributed by atoms with E-state index in [2.05, 4.69) is 19.1 Å². The molecule has 0 heterocycles. The van der Waals surface area contributed by atoms with Crippen LogP contribution in [0.1, 0.15) is 21.5 Å². The number of rotatable bonds is 5. The summed E-state index contributed by atoms with van der Waals surface area (Å²) in [4.78, 5) is 16.4. The second-order valence-corrected chi connectivity index (χ2v) is 6.68. The van der Waals surface area contributed by atoms with Crippen molar-refractivity contribution in [1.82, 2.24) is 4.90 Å². The molecule has 0 aliphatic heterocycles. The van der Waals surface area contributed by atoms with Crippen molar-refractivity contribution in [2.24, 2.45) is 0 Å². The van der Waals surface area contributed by atoms with Crippen LogP contribution in [0.4, 0.5) is 0 Å². The quantitative estimate of drug-likeness (QED) is 0.454. The van der Waals surface area contributed by atoms with Gasteiger partial charge in [-0.3, -0.25) is 4.79 Å². The molecule has 2 nitrogen and oxygen atoms in total. The third kappa shape index (κ3) is 4.50. The molecule has 0 aromatic heterocycles. The summed E-state index contributed by atoms with van der Waals surface area (Å²) in [7, 11) is 3.86. The second kappa shape index (κ2) is 7.32. The first kappa shape index (κ1) is 16.4. The first-order valence-electron chi connectivity index (χ1n) is 7.20. The number of hydrogen-bond acceptors (Lipinski definition) is 3. The first-order chi connectivity index (χ1) is 10.5. The van der Waals surface area contributed by atoms with Crippen LogP contribution in [0, 0.1) is 13.8 Å². The highest BCUT2D eigenvalue weighted by Gasteiger charge is 2.14. The average molecular weight is 311 g/mol. The lowest BCUT2D eigenvalue weighted by atomic mass is 10.1. The average Bonchev–Trinajstić information content (AvgIpc) is 2.48. The molecule has 0 bridgehead atoms. The molecule has 0 atom stereocenters. The summed E-state index contributed by atoms with van der Waals surface area (Å²) in [5.41, 5.74) is 3.09. The van der Waals surface area contributed by atoms with E-state index in [1.807, 2.05) is 68.5 Å². The highest BCUT2D eigenvalue weighted by atomic mass is 32.2. The monoisotopic (exact) mass is 311 g/mol. The zero-order valence-electron chi connectivity index (χ0n) is 13.5. The van der Waals surface area contributed by atoms with Gasteiger partial charge in [0.2, 0.25) is 5.78 Å². The minimum Gasteiger partial charge on any atom is -0.382 e. The van der Waals surface area contributed by atoms with Gasteiger partial charge in [-0.1, -0.05) is 59.3 Å². The molecule has 3 heteroatoms. The zero-order chi connectivity index (χ0) is 16.1. The SMILES string of the molecule is Cc1ccc(S/C(=C/N(C)C)C(=O)c2ccc(C)cc2)cc1. The lowest BCUT2D eigenvalue weighted by molar-refractivity contribution is 0.104. The lowest BCUT2D eigenvalue weighted by Gasteiger charge is -2.11. The number of benzene rings is 2. The third-order valence-electron chi connectivity index (χ3n) is 3.16. The fourth-order valence-electron chi connectivity index (χ4n) is 1.95. The van der Waals surface area contributed by atoms with Crippen LogP contribution >= 0.6 is 11.8 Å². The van der Waals surface area contributed by atoms with Crippen molar-refractivity contribution in [2.75, 3.05) is 14.1 Å². The number of thioether (sulfide) groups is 1. The molecule has 0 saturated heterocycles. The third-order valence-corrected chi connectivity index (χ3v) is 4.18. The van der Waals surface area contributed by atoms with E-state index >= 15 is 0 Å². The van der Waals surface area contributed by atoms with E-state index in [-0.39, 0.29) is 5.78 Å². The fourth-order valence-corrected chi connectivity index (χ4v) is 2.95. The maximum atomic E-state index is 12.7. The standard InChI is InChI=1S/C19H21NOS/c1-14-5-9-16(10-6-14)19(21)18(13-20(3)4)22-17-11-7-15(2)8-12-17/h5-13H,1-4H3/b18-13+. The normalized spacial score (nSPS) is 11.4. The number of carbonyl (C=O) groups is 1. The Bertz CT molecular complexity index is 670. The summed E-state index contributed by atoms with van der Waals surface area (Å²) >= 11 is 1.50. The largest absolute Gasteiger partial charge is 0.382 e. The molecule has 0 saturated carbocycles. The molecule has 0 amide bonds. The number of Topliss-reactive ketones (excluding diaryl/α,β-unsaturated/α-hetero) is 1. The van der Waals surface area contributed by atoms with Crippen LogP contribution in [0.15, 0.2) is 64.5 Å². The molecular formula is C19H21NOS. The Morgan fingerprint density at radius 1 is 0.909 bits per heavy atom. The lowest BCUT2D eigenvalue weighted by Crippen LogP contribution is -2.08. The maximum Gasteiger partial charge on any atom is 0.201 e. The van der Waals surface area contributed by atoms with Crippen LogP contribution in [0.5, 0.6) is 0 Å². The summed E-state index contributed by atoms with van der Waals surface area (Å²) in [5.74, 6) is 0.0549. The zero-order valence-corrected chi connectivity index (χ0v) is 14.3. The molecule has 0 aliphatic rings. The van der Waals surface area contributed by atoms with Gasteiger partial charge >= 0.3 is 0 Å². The van der Waals surface area contributed by atoms with Crippen LogP contribution in [0.25, 0.3) is 0 Å². The molecule has 114 valence electrons. The van der Waals surface area contributed by atoms with Gasteiger partial charge in [0.1, 0.15) is 0 Å². The fraction of sp³-hybridized carbons (Fsp3) is 0.211. The molecule has 0 radical (unpaired) electrons. The predicted molar refractivity (Wildman–Crippen MR) is 94.3 cm³/mol. The van der Waals surface area contributed by atoms with E-state index in [0.717, 1.165) is 20.9 Å². The number of hydrogen-bond donors (Lipinski definition) is 0. The van der Waals surface area contributed by atoms with Crippen molar-refractivity contribution >= 4 is 17.5 Å². The smallest absolute Gasteiger partial charge is 0.201 e. The minimum absolute atomic E-state index is 0.0549. The van der Waals surface area contributed by atoms with Crippen LogP contribution in [-0.4, -0.2) is 24.8 Å². The summed E-state index contributed by atoms with van der Waals surface area (Å²) in [6.45, 7) is 4.08. The molecule has 2 rings (SSSR count). The summed E-state index contributed by atoms with van der Waals surface area (Å²) in [6, 6.07) is 15.9. The Morgan fingerprint density at radius 2 is 1.41 bits per heavy atom. The van der Waals surface area contributed by atoms with Gasteiger partial charge in [-0.05, 0) is 26.0 Å². The Balaban J connectivity index is 2.28. The van der Waals surface area contributed by atoms with Gasteiger partial charge in [0.15, 0.2) is 0 Å². The van der Waals surface area contributed by atoms with Crippen molar-refractivity contribution in [3.63, 3.8) is 0 Å². The van der Waals surface area contributed by atoms with Crippen molar-refractivity contribution in [3.05, 3.63) is 76.3 Å². The van der Waals surface area contributed by atoms with Gasteiger partial charge in [-0.25, -0.2) is 0 Å². The molecule has 0 fully saturated rings. The number of allylic oxidation sites excluding steroid dienone is 1. The van der Waals surface area contributed by atoms with Crippen molar-refractivity contribution < 1.29 is 4.79 Å². The molecular weight excluding hydrogens is 290 g/mol. The van der Waals surface area contributed by atoms with Crippen LogP contribution in [0.3, 0.4) is 0 Å². The van der Waals surface area contributed by atoms with Crippen molar-refractivity contribution in [2.45, 2.75) is 18.7 Å². The second-order valence-electron chi connectivity index (χ2n) is 5.57. The van der Waals surface area contributed by atoms with Gasteiger partial charge in [-0.15, -0.1) is 0 Å². The Hall–Kier alpha value is -2.00. The number of ketones is 1. The number of nitrogens with zero attached hydrogens (tertiary/aromatic N) is 1. The van der Waals surface area contributed by atoms with E-state index in [1.165, 1.54) is 17.3 Å². The van der Waals surface area contributed by atoms with Crippen molar-refractivity contribution in [3.8, 4) is 0 Å². The molecule has 2 aromatic carbocycles. The maximum absolute atomic E-state index is 12.7. The Labute approximate surface area is 136 Å². The van der Waals surface area contributed by atoms with E-state index in [4.69, 9.17) is 0 Å². The van der Waals surface area contributed by atoms with Crippen LogP contribution in [0.2, 0.25) is 0 Å². The topological polar surface area (TPSA) is 20.3 Å². The predicted octanol–water partition coefficient (Wildman–Crippen LogP) is 4.68. The van der Waals surface area contributed by atoms with Gasteiger partial charge in [-0.2, -0.15) is 0 Å².